The van der Waals surface area contributed by atoms with Crippen molar-refractivity contribution in [3.8, 4) is 0 Å². The second-order valence-corrected chi connectivity index (χ2v) is 47.9. The number of hydrogen-bond acceptors (Lipinski definition) is 3. The number of benzene rings is 18. The van der Waals surface area contributed by atoms with Gasteiger partial charge >= 0.3 is 0 Å². The molecule has 0 atom stereocenters. The van der Waals surface area contributed by atoms with Gasteiger partial charge in [-0.05, 0) is 206 Å². The van der Waals surface area contributed by atoms with Gasteiger partial charge in [-0.15, -0.1) is 0 Å². The van der Waals surface area contributed by atoms with Crippen molar-refractivity contribution in [2.24, 2.45) is 0 Å². The molecule has 0 N–H and O–H groups in total. The maximum absolute atomic E-state index is 6.81. The maximum Gasteiger partial charge on any atom is 0.0379 e. The molecule has 0 fully saturated rings. The topological polar surface area (TPSA) is 0 Å². The van der Waals surface area contributed by atoms with Crippen LogP contribution in [0.4, 0.5) is 0 Å². The summed E-state index contributed by atoms with van der Waals surface area (Å²) in [4.78, 5) is 0. The predicted octanol–water partition coefficient (Wildman–Crippen LogP) is 32.0. The smallest absolute Gasteiger partial charge is 0.0379 e. The van der Waals surface area contributed by atoms with Gasteiger partial charge in [-0.3, -0.25) is 0 Å². The average Bonchev–Trinajstić information content (AvgIpc) is 0.763. The van der Waals surface area contributed by atoms with E-state index < -0.39 is 18.1 Å². The lowest BCUT2D eigenvalue weighted by molar-refractivity contribution is 1.46. The van der Waals surface area contributed by atoms with Gasteiger partial charge in [-0.2, -0.15) is 0 Å². The summed E-state index contributed by atoms with van der Waals surface area (Å²) in [6.07, 6.45) is 32.6. The molecule has 0 nitrogen and oxygen atoms in total. The van der Waals surface area contributed by atoms with Crippen LogP contribution in [0.2, 0.25) is 0 Å². The summed E-state index contributed by atoms with van der Waals surface area (Å²) in [6, 6.07) is 161. The van der Waals surface area contributed by atoms with Crippen molar-refractivity contribution in [2.45, 2.75) is 41.5 Å². The highest BCUT2D eigenvalue weighted by Crippen LogP contribution is 2.47. The Hall–Kier alpha value is -14.4. The molecule has 672 valence electrons. The molecule has 18 rings (SSSR count). The molecule has 0 aliphatic heterocycles. The molecule has 0 unspecified atom stereocenters. The highest BCUT2D eigenvalue weighted by Gasteiger charge is 2.29. The molecule has 0 aliphatic carbocycles. The van der Waals surface area contributed by atoms with E-state index in [1.54, 1.807) is 0 Å². The van der Waals surface area contributed by atoms with Crippen LogP contribution in [0.5, 0.6) is 0 Å². The second-order valence-electron chi connectivity index (χ2n) is 34.7. The zero-order valence-electron chi connectivity index (χ0n) is 78.8. The first-order valence-electron chi connectivity index (χ1n) is 46.8. The van der Waals surface area contributed by atoms with Crippen LogP contribution in [0.1, 0.15) is 138 Å². The van der Waals surface area contributed by atoms with E-state index in [0.29, 0.717) is 0 Å². The molecule has 0 heterocycles. The van der Waals surface area contributed by atoms with Gasteiger partial charge in [-0.1, -0.05) is 616 Å². The molecule has 0 bridgehead atoms. The molecule has 0 spiro atoms. The Kier molecular flexibility index (Phi) is 33.2. The van der Waals surface area contributed by atoms with E-state index in [2.05, 4.69) is 588 Å². The van der Waals surface area contributed by atoms with Crippen molar-refractivity contribution in [3.05, 3.63) is 590 Å². The van der Waals surface area contributed by atoms with Crippen molar-refractivity contribution in [2.75, 3.05) is 0 Å². The summed E-state index contributed by atoms with van der Waals surface area (Å²) in [5.41, 5.74) is 28.8. The Morgan fingerprint density at radius 1 is 0.145 bits per heavy atom. The standard InChI is InChI=1S/2C45H39PS.C42H33PS/c1-34-4-10-37(11-5-34)16-19-40-22-28-43(29-23-40)46(47,44-30-24-41(25-31-44)20-17-38-12-6-35(2)7-13-38)45-32-26-42(27-33-45)21-18-39-14-8-36(3)9-15-39;1-34(31-37-13-7-4-8-14-37)40-19-25-43(26-20-40)46(47,44-27-21-41(22-28-44)35(2)32-38-15-9-5-10-16-38)45-29-23-42(24-30-45)36(3)33-39-17-11-6-12-18-39;44-43(40-28-22-37(23-29-40)19-16-34-10-4-1-5-11-34,41-30-24-38(25-31-41)20-17-35-12-6-2-7-13-35)42-32-26-39(27-33-42)21-18-36-14-8-3-9-15-36/h2*4-33H,1-3H3;1-33H/b19-16+,20-17+,21-18+;34-31+,35-32+,36-33+;19-16+,20-17+,21-18+. The molecule has 0 radical (unpaired) electrons. The third-order valence-electron chi connectivity index (χ3n) is 24.6. The first-order valence-corrected chi connectivity index (χ1v) is 55.2. The second kappa shape index (κ2) is 47.4. The number of rotatable bonds is 27. The van der Waals surface area contributed by atoms with Crippen molar-refractivity contribution in [3.63, 3.8) is 0 Å². The van der Waals surface area contributed by atoms with Crippen LogP contribution < -0.4 is 47.7 Å². The van der Waals surface area contributed by atoms with Crippen LogP contribution in [-0.4, -0.2) is 0 Å². The van der Waals surface area contributed by atoms with Gasteiger partial charge in [0.05, 0.1) is 0 Å². The van der Waals surface area contributed by atoms with Gasteiger partial charge < -0.3 is 0 Å². The van der Waals surface area contributed by atoms with Gasteiger partial charge in [0.2, 0.25) is 0 Å². The molecule has 0 saturated heterocycles. The third kappa shape index (κ3) is 25.8. The number of hydrogen-bond donors (Lipinski definition) is 0. The van der Waals surface area contributed by atoms with E-state index in [4.69, 9.17) is 35.4 Å². The number of allylic oxidation sites excluding steroid dienone is 3. The van der Waals surface area contributed by atoms with Crippen molar-refractivity contribution >= 4 is 209 Å². The fraction of sp³-hybridized carbons (Fsp3) is 0.0455. The molecule has 0 aromatic heterocycles. The van der Waals surface area contributed by atoms with E-state index in [9.17, 15) is 0 Å². The van der Waals surface area contributed by atoms with E-state index in [0.717, 1.165) is 33.4 Å². The first-order chi connectivity index (χ1) is 67.4. The molecule has 138 heavy (non-hydrogen) atoms. The van der Waals surface area contributed by atoms with Gasteiger partial charge in [0, 0.05) is 18.1 Å². The van der Waals surface area contributed by atoms with Crippen LogP contribution in [0.25, 0.3) is 108 Å². The minimum Gasteiger partial charge on any atom is -0.0826 e. The van der Waals surface area contributed by atoms with Crippen LogP contribution in [0.15, 0.2) is 473 Å². The lowest BCUT2D eigenvalue weighted by Crippen LogP contribution is -2.25. The van der Waals surface area contributed by atoms with Gasteiger partial charge in [0.15, 0.2) is 0 Å². The van der Waals surface area contributed by atoms with E-state index in [-0.39, 0.29) is 0 Å². The highest BCUT2D eigenvalue weighted by atomic mass is 32.4. The van der Waals surface area contributed by atoms with E-state index in [1.165, 1.54) is 148 Å². The summed E-state index contributed by atoms with van der Waals surface area (Å²) < 4.78 is 0. The minimum atomic E-state index is -2.35. The Morgan fingerprint density at radius 2 is 0.261 bits per heavy atom. The lowest BCUT2D eigenvalue weighted by atomic mass is 10.0. The summed E-state index contributed by atoms with van der Waals surface area (Å²) >= 11 is 20.3. The third-order valence-corrected chi connectivity index (χ3v) is 39.5. The van der Waals surface area contributed by atoms with Crippen molar-refractivity contribution in [1.82, 2.24) is 0 Å². The Labute approximate surface area is 833 Å². The maximum atomic E-state index is 6.81. The predicted molar refractivity (Wildman–Crippen MR) is 624 cm³/mol. The molecule has 6 heteroatoms. The van der Waals surface area contributed by atoms with Crippen LogP contribution in [0, 0.1) is 20.8 Å². The Balaban J connectivity index is 0.000000150. The minimum absolute atomic E-state index is 1.15. The molecular weight excluding hydrogens is 1770 g/mol. The van der Waals surface area contributed by atoms with Crippen molar-refractivity contribution < 1.29 is 0 Å². The monoisotopic (exact) mass is 1880 g/mol. The van der Waals surface area contributed by atoms with E-state index >= 15 is 0 Å². The SMILES string of the molecule is C/C(=C\c1ccccc1)c1ccc(P(=S)(c2ccc(/C(C)=C/c3ccccc3)cc2)c2ccc(/C(C)=C/c3ccccc3)cc2)cc1.Cc1ccc(/C=C/c2ccc(P(=S)(c3ccc(/C=C/c4ccc(C)cc4)cc3)c3ccc(/C=C/c4ccc(C)cc4)cc3)cc2)cc1.S=P(c1ccc(/C=C/c2ccccc2)cc1)(c1ccc(/C=C/c2ccccc2)cc1)c1ccc(/C=C/c2ccccc2)cc1. The quantitative estimate of drug-likeness (QED) is 0.0372. The summed E-state index contributed by atoms with van der Waals surface area (Å²) in [5.74, 6) is 0. The summed E-state index contributed by atoms with van der Waals surface area (Å²) in [5, 5.41) is 10.7. The van der Waals surface area contributed by atoms with Crippen molar-refractivity contribution in [1.29, 1.82) is 0 Å². The fourth-order valence-electron chi connectivity index (χ4n) is 16.4. The van der Waals surface area contributed by atoms with Gasteiger partial charge in [-0.25, -0.2) is 0 Å². The number of aryl methyl sites for hydroxylation is 3. The normalized spacial score (nSPS) is 12.2. The van der Waals surface area contributed by atoms with Gasteiger partial charge in [0.25, 0.3) is 0 Å². The largest absolute Gasteiger partial charge is 0.0826 e. The molecule has 0 aliphatic rings. The molecular formula is C132H111P3S3. The fourth-order valence-corrected chi connectivity index (χ4v) is 27.5. The molecule has 0 amide bonds. The lowest BCUT2D eigenvalue weighted by Gasteiger charge is -2.25. The van der Waals surface area contributed by atoms with Crippen LogP contribution >= 0.6 is 18.1 Å². The van der Waals surface area contributed by atoms with Crippen LogP contribution in [0.3, 0.4) is 0 Å². The Morgan fingerprint density at radius 3 is 0.406 bits per heavy atom. The zero-order chi connectivity index (χ0) is 95.3. The molecule has 0 saturated carbocycles. The average molecular weight is 1890 g/mol. The first kappa shape index (κ1) is 96.7. The summed E-state index contributed by atoms with van der Waals surface area (Å²) in [7, 11) is 0. The highest BCUT2D eigenvalue weighted by molar-refractivity contribution is 8.26. The summed E-state index contributed by atoms with van der Waals surface area (Å²) in [6.45, 7) is 12.9. The van der Waals surface area contributed by atoms with E-state index in [1.807, 2.05) is 18.2 Å². The molecule has 18 aromatic rings. The zero-order valence-corrected chi connectivity index (χ0v) is 83.9. The van der Waals surface area contributed by atoms with Crippen LogP contribution in [-0.2, 0) is 35.4 Å². The molecule has 18 aromatic carbocycles. The Bertz CT molecular complexity index is 6780. The van der Waals surface area contributed by atoms with Gasteiger partial charge in [0.1, 0.15) is 0 Å².